The molecule has 0 spiro atoms. The molecule has 1 aliphatic rings. The highest BCUT2D eigenvalue weighted by Crippen LogP contribution is 2.22. The molecule has 0 fully saturated rings. The van der Waals surface area contributed by atoms with E-state index in [0.717, 1.165) is 0 Å². The van der Waals surface area contributed by atoms with Gasteiger partial charge in [-0.2, -0.15) is 0 Å². The molecule has 11 heavy (non-hydrogen) atoms. The van der Waals surface area contributed by atoms with Crippen LogP contribution in [-0.2, 0) is 0 Å². The van der Waals surface area contributed by atoms with Crippen LogP contribution in [0.4, 0.5) is 0 Å². The van der Waals surface area contributed by atoms with Crippen LogP contribution < -0.4 is 0 Å². The summed E-state index contributed by atoms with van der Waals surface area (Å²) in [6, 6.07) is 0.250. The van der Waals surface area contributed by atoms with Gasteiger partial charge in [-0.3, -0.25) is 0 Å². The maximum atomic E-state index is 4.08. The molecule has 1 unspecified atom stereocenters. The summed E-state index contributed by atoms with van der Waals surface area (Å²) in [7, 11) is 1.95. The van der Waals surface area contributed by atoms with Gasteiger partial charge in [-0.05, 0) is 6.92 Å². The molecule has 1 aliphatic heterocycles. The van der Waals surface area contributed by atoms with E-state index in [9.17, 15) is 0 Å². The van der Waals surface area contributed by atoms with Crippen molar-refractivity contribution in [1.29, 1.82) is 0 Å². The Morgan fingerprint density at radius 2 is 1.91 bits per heavy atom. The number of hydrogen-bond donors (Lipinski definition) is 0. The van der Waals surface area contributed by atoms with Crippen LogP contribution in [0.3, 0.4) is 0 Å². The molecule has 1 rings (SSSR count). The third-order valence-electron chi connectivity index (χ3n) is 1.87. The van der Waals surface area contributed by atoms with Crippen LogP contribution in [-0.4, -0.2) is 23.5 Å². The van der Waals surface area contributed by atoms with E-state index in [1.807, 2.05) is 11.7 Å². The van der Waals surface area contributed by atoms with E-state index in [-0.39, 0.29) is 11.5 Å². The molecule has 1 atom stereocenters. The molecular weight excluding hydrogens is 138 g/mol. The van der Waals surface area contributed by atoms with E-state index in [1.165, 1.54) is 5.71 Å². The summed E-state index contributed by atoms with van der Waals surface area (Å²) in [5.41, 5.74) is 1.47. The maximum Gasteiger partial charge on any atom is 0.223 e. The van der Waals surface area contributed by atoms with E-state index in [4.69, 9.17) is 0 Å². The van der Waals surface area contributed by atoms with Gasteiger partial charge in [-0.1, -0.05) is 20.8 Å². The van der Waals surface area contributed by atoms with Crippen LogP contribution in [0.1, 0.15) is 27.7 Å². The topological polar surface area (TPSA) is 27.7 Å². The average molecular weight is 154 g/mol. The average Bonchev–Trinajstić information content (AvgIpc) is 2.08. The lowest BCUT2D eigenvalue weighted by Gasteiger charge is -2.16. The van der Waals surface area contributed by atoms with Gasteiger partial charge < -0.3 is 0 Å². The zero-order valence-electron chi connectivity index (χ0n) is 7.92. The van der Waals surface area contributed by atoms with Crippen molar-refractivity contribution in [2.24, 2.45) is 15.8 Å². The number of hydrogen-bond acceptors (Lipinski definition) is 2. The zero-order valence-corrected chi connectivity index (χ0v) is 7.92. The lowest BCUT2D eigenvalue weighted by Crippen LogP contribution is -2.32. The molecule has 1 heterocycles. The first-order chi connectivity index (χ1) is 4.93. The minimum atomic E-state index is 0.178. The van der Waals surface area contributed by atoms with Crippen LogP contribution >= 0.6 is 0 Å². The lowest BCUT2D eigenvalue weighted by molar-refractivity contribution is -0.508. The molecule has 0 bridgehead atoms. The standard InChI is InChI=1S/C8H16N3/c1-6-7(8(2,3)4)11(5)10-9-6/h6H,1-5H3/q+1. The molecule has 0 amide bonds. The first-order valence-electron chi connectivity index (χ1n) is 3.95. The van der Waals surface area contributed by atoms with E-state index in [2.05, 4.69) is 38.0 Å². The Kier molecular flexibility index (Phi) is 1.82. The third kappa shape index (κ3) is 1.47. The minimum Gasteiger partial charge on any atom is -0.137 e. The zero-order chi connectivity index (χ0) is 8.65. The minimum absolute atomic E-state index is 0.178. The van der Waals surface area contributed by atoms with Crippen molar-refractivity contribution in [2.45, 2.75) is 33.7 Å². The van der Waals surface area contributed by atoms with Gasteiger partial charge in [0.25, 0.3) is 0 Å². The Bertz CT molecular complexity index is 220. The van der Waals surface area contributed by atoms with Gasteiger partial charge in [0.05, 0.1) is 0 Å². The van der Waals surface area contributed by atoms with Crippen molar-refractivity contribution in [3.05, 3.63) is 0 Å². The van der Waals surface area contributed by atoms with E-state index in [0.29, 0.717) is 0 Å². The van der Waals surface area contributed by atoms with Gasteiger partial charge in [-0.15, -0.1) is 4.68 Å². The first kappa shape index (κ1) is 8.37. The highest BCUT2D eigenvalue weighted by atomic mass is 15.5. The van der Waals surface area contributed by atoms with Gasteiger partial charge >= 0.3 is 0 Å². The molecule has 3 heteroatoms. The monoisotopic (exact) mass is 154 g/mol. The van der Waals surface area contributed by atoms with Crippen LogP contribution in [0, 0.1) is 5.41 Å². The van der Waals surface area contributed by atoms with Crippen molar-refractivity contribution in [2.75, 3.05) is 7.05 Å². The summed E-state index contributed by atoms with van der Waals surface area (Å²) >= 11 is 0. The summed E-state index contributed by atoms with van der Waals surface area (Å²) in [4.78, 5) is 0. The normalized spacial score (nSPS) is 25.0. The Morgan fingerprint density at radius 1 is 1.36 bits per heavy atom. The number of rotatable bonds is 0. The maximum absolute atomic E-state index is 4.08. The molecule has 3 nitrogen and oxygen atoms in total. The van der Waals surface area contributed by atoms with Gasteiger partial charge in [0.15, 0.2) is 5.71 Å². The molecule has 0 saturated heterocycles. The second-order valence-corrected chi connectivity index (χ2v) is 4.04. The predicted octanol–water partition coefficient (Wildman–Crippen LogP) is 1.89. The second kappa shape index (κ2) is 2.40. The van der Waals surface area contributed by atoms with Crippen molar-refractivity contribution in [3.8, 4) is 0 Å². The van der Waals surface area contributed by atoms with Crippen LogP contribution in [0.5, 0.6) is 0 Å². The van der Waals surface area contributed by atoms with Crippen LogP contribution in [0.25, 0.3) is 0 Å². The molecule has 0 aromatic rings. The fourth-order valence-corrected chi connectivity index (χ4v) is 1.64. The second-order valence-electron chi connectivity index (χ2n) is 4.04. The van der Waals surface area contributed by atoms with Gasteiger partial charge in [0.2, 0.25) is 6.04 Å². The molecule has 0 aromatic heterocycles. The first-order valence-corrected chi connectivity index (χ1v) is 3.95. The summed E-state index contributed by atoms with van der Waals surface area (Å²) in [6.45, 7) is 8.64. The van der Waals surface area contributed by atoms with Gasteiger partial charge in [-0.25, -0.2) is 0 Å². The Hall–Kier alpha value is -0.730. The Labute approximate surface area is 67.8 Å². The molecule has 0 N–H and O–H groups in total. The van der Waals surface area contributed by atoms with E-state index >= 15 is 0 Å². The summed E-state index contributed by atoms with van der Waals surface area (Å²) in [5.74, 6) is 0. The molecule has 0 saturated carbocycles. The molecule has 0 radical (unpaired) electrons. The van der Waals surface area contributed by atoms with Crippen molar-refractivity contribution in [3.63, 3.8) is 0 Å². The van der Waals surface area contributed by atoms with Crippen molar-refractivity contribution >= 4 is 5.71 Å². The van der Waals surface area contributed by atoms with Crippen LogP contribution in [0.2, 0.25) is 0 Å². The van der Waals surface area contributed by atoms with Gasteiger partial charge in [0, 0.05) is 10.5 Å². The van der Waals surface area contributed by atoms with Crippen molar-refractivity contribution < 1.29 is 4.68 Å². The van der Waals surface area contributed by atoms with Crippen molar-refractivity contribution in [1.82, 2.24) is 0 Å². The SMILES string of the molecule is CC1N=N[N+](C)=C1C(C)(C)C. The third-order valence-corrected chi connectivity index (χ3v) is 1.87. The smallest absolute Gasteiger partial charge is 0.137 e. The Balaban J connectivity index is 2.98. The number of nitrogens with zero attached hydrogens (tertiary/aromatic N) is 3. The fourth-order valence-electron chi connectivity index (χ4n) is 1.64. The highest BCUT2D eigenvalue weighted by molar-refractivity contribution is 5.89. The van der Waals surface area contributed by atoms with Crippen LogP contribution in [0.15, 0.2) is 10.3 Å². The quantitative estimate of drug-likeness (QED) is 0.477. The Morgan fingerprint density at radius 3 is 2.09 bits per heavy atom. The highest BCUT2D eigenvalue weighted by Gasteiger charge is 2.36. The molecular formula is C8H16N3+. The predicted molar refractivity (Wildman–Crippen MR) is 45.0 cm³/mol. The van der Waals surface area contributed by atoms with E-state index < -0.39 is 0 Å². The van der Waals surface area contributed by atoms with Gasteiger partial charge in [0.1, 0.15) is 12.3 Å². The summed E-state index contributed by atoms with van der Waals surface area (Å²) in [6.07, 6.45) is 0. The molecule has 62 valence electrons. The fraction of sp³-hybridized carbons (Fsp3) is 0.875. The summed E-state index contributed by atoms with van der Waals surface area (Å²) < 4.78 is 1.88. The lowest BCUT2D eigenvalue weighted by atomic mass is 9.86. The molecule has 0 aliphatic carbocycles. The molecule has 0 aromatic carbocycles. The summed E-state index contributed by atoms with van der Waals surface area (Å²) in [5, 5.41) is 8.07. The largest absolute Gasteiger partial charge is 0.223 e. The van der Waals surface area contributed by atoms with E-state index in [1.54, 1.807) is 0 Å².